The Bertz CT molecular complexity index is 528. The lowest BCUT2D eigenvalue weighted by atomic mass is 10.1. The Morgan fingerprint density at radius 2 is 1.91 bits per heavy atom. The van der Waals surface area contributed by atoms with Crippen LogP contribution in [0.3, 0.4) is 0 Å². The highest BCUT2D eigenvalue weighted by Crippen LogP contribution is 2.21. The van der Waals surface area contributed by atoms with Gasteiger partial charge in [-0.1, -0.05) is 6.92 Å². The smallest absolute Gasteiger partial charge is 0.335 e. The van der Waals surface area contributed by atoms with E-state index in [1.807, 2.05) is 27.7 Å². The zero-order chi connectivity index (χ0) is 16.8. The zero-order valence-corrected chi connectivity index (χ0v) is 13.6. The summed E-state index contributed by atoms with van der Waals surface area (Å²) in [7, 11) is 0. The fourth-order valence-corrected chi connectivity index (χ4v) is 1.92. The molecule has 122 valence electrons. The van der Waals surface area contributed by atoms with Crippen LogP contribution < -0.4 is 4.74 Å². The van der Waals surface area contributed by atoms with Crippen molar-refractivity contribution in [3.05, 3.63) is 29.3 Å². The number of carboxylic acids is 1. The average molecular weight is 308 g/mol. The molecule has 5 nitrogen and oxygen atoms in total. The molecule has 0 heterocycles. The third-order valence-corrected chi connectivity index (χ3v) is 2.89. The number of ether oxygens (including phenoxy) is 2. The molecule has 1 aromatic rings. The van der Waals surface area contributed by atoms with Crippen LogP contribution in [0.5, 0.6) is 5.75 Å². The Balaban J connectivity index is 2.48. The van der Waals surface area contributed by atoms with E-state index >= 15 is 0 Å². The summed E-state index contributed by atoms with van der Waals surface area (Å²) >= 11 is 0. The molecule has 22 heavy (non-hydrogen) atoms. The van der Waals surface area contributed by atoms with E-state index in [0.717, 1.165) is 5.56 Å². The molecule has 5 heteroatoms. The molecular weight excluding hydrogens is 284 g/mol. The minimum Gasteiger partial charge on any atom is -0.493 e. The summed E-state index contributed by atoms with van der Waals surface area (Å²) in [6.45, 7) is 7.82. The summed E-state index contributed by atoms with van der Waals surface area (Å²) < 4.78 is 10.9. The molecule has 0 aliphatic heterocycles. The van der Waals surface area contributed by atoms with Crippen molar-refractivity contribution in [1.82, 2.24) is 0 Å². The van der Waals surface area contributed by atoms with Crippen molar-refractivity contribution in [1.29, 1.82) is 0 Å². The van der Waals surface area contributed by atoms with Gasteiger partial charge in [-0.2, -0.15) is 0 Å². The maximum Gasteiger partial charge on any atom is 0.335 e. The first-order valence-electron chi connectivity index (χ1n) is 7.44. The normalized spacial score (nSPS) is 11.1. The second kappa shape index (κ2) is 7.82. The van der Waals surface area contributed by atoms with Crippen LogP contribution in [0.1, 0.15) is 56.5 Å². The molecule has 0 aromatic heterocycles. The van der Waals surface area contributed by atoms with Gasteiger partial charge in [-0.05, 0) is 57.4 Å². The van der Waals surface area contributed by atoms with Crippen molar-refractivity contribution in [3.8, 4) is 5.75 Å². The minimum absolute atomic E-state index is 0.243. The predicted octanol–water partition coefficient (Wildman–Crippen LogP) is 3.45. The molecule has 0 saturated carbocycles. The minimum atomic E-state index is -0.953. The van der Waals surface area contributed by atoms with Crippen LogP contribution in [-0.4, -0.2) is 29.3 Å². The zero-order valence-electron chi connectivity index (χ0n) is 13.6. The van der Waals surface area contributed by atoms with Crippen LogP contribution in [0.15, 0.2) is 18.2 Å². The standard InChI is InChI=1S/C17H24O5/c1-5-12-11-13(16(19)20)8-9-14(12)21-10-6-7-15(18)22-17(2,3)4/h8-9,11H,5-7,10H2,1-4H3,(H,19,20). The van der Waals surface area contributed by atoms with Gasteiger partial charge >= 0.3 is 11.9 Å². The van der Waals surface area contributed by atoms with Gasteiger partial charge in [0.1, 0.15) is 11.4 Å². The molecule has 0 spiro atoms. The molecule has 0 aliphatic rings. The van der Waals surface area contributed by atoms with E-state index < -0.39 is 11.6 Å². The topological polar surface area (TPSA) is 72.8 Å². The molecule has 0 aliphatic carbocycles. The maximum absolute atomic E-state index is 11.6. The van der Waals surface area contributed by atoms with Crippen LogP contribution >= 0.6 is 0 Å². The fourth-order valence-electron chi connectivity index (χ4n) is 1.92. The molecule has 0 unspecified atom stereocenters. The summed E-state index contributed by atoms with van der Waals surface area (Å²) in [4.78, 5) is 22.5. The molecule has 0 bridgehead atoms. The monoisotopic (exact) mass is 308 g/mol. The van der Waals surface area contributed by atoms with E-state index in [-0.39, 0.29) is 11.5 Å². The Kier molecular flexibility index (Phi) is 6.40. The molecular formula is C17H24O5. The van der Waals surface area contributed by atoms with Gasteiger partial charge in [-0.25, -0.2) is 4.79 Å². The Hall–Kier alpha value is -2.04. The van der Waals surface area contributed by atoms with E-state index in [0.29, 0.717) is 31.6 Å². The van der Waals surface area contributed by atoms with Gasteiger partial charge < -0.3 is 14.6 Å². The molecule has 1 N–H and O–H groups in total. The highest BCUT2D eigenvalue weighted by molar-refractivity contribution is 5.88. The third kappa shape index (κ3) is 6.16. The van der Waals surface area contributed by atoms with Crippen LogP contribution in [0.2, 0.25) is 0 Å². The van der Waals surface area contributed by atoms with Gasteiger partial charge in [0.25, 0.3) is 0 Å². The van der Waals surface area contributed by atoms with Gasteiger partial charge in [0, 0.05) is 6.42 Å². The quantitative estimate of drug-likeness (QED) is 0.617. The number of esters is 1. The van der Waals surface area contributed by atoms with Crippen molar-refractivity contribution in [3.63, 3.8) is 0 Å². The number of rotatable bonds is 7. The Labute approximate surface area is 131 Å². The van der Waals surface area contributed by atoms with Crippen LogP contribution in [-0.2, 0) is 16.0 Å². The lowest BCUT2D eigenvalue weighted by Crippen LogP contribution is -2.24. The number of hydrogen-bond acceptors (Lipinski definition) is 4. The Morgan fingerprint density at radius 1 is 1.23 bits per heavy atom. The molecule has 0 saturated heterocycles. The molecule has 0 atom stereocenters. The molecule has 0 amide bonds. The number of aromatic carboxylic acids is 1. The summed E-state index contributed by atoms with van der Waals surface area (Å²) in [6, 6.07) is 4.80. The first-order chi connectivity index (χ1) is 10.2. The van der Waals surface area contributed by atoms with Crippen LogP contribution in [0, 0.1) is 0 Å². The summed E-state index contributed by atoms with van der Waals surface area (Å²) in [5.74, 6) is -0.532. The van der Waals surface area contributed by atoms with E-state index in [1.54, 1.807) is 12.1 Å². The predicted molar refractivity (Wildman–Crippen MR) is 83.4 cm³/mol. The fraction of sp³-hybridized carbons (Fsp3) is 0.529. The van der Waals surface area contributed by atoms with E-state index in [4.69, 9.17) is 14.6 Å². The summed E-state index contributed by atoms with van der Waals surface area (Å²) in [5.41, 5.74) is 0.620. The van der Waals surface area contributed by atoms with Gasteiger partial charge in [-0.3, -0.25) is 4.79 Å². The first-order valence-corrected chi connectivity index (χ1v) is 7.44. The van der Waals surface area contributed by atoms with Gasteiger partial charge in [-0.15, -0.1) is 0 Å². The number of carboxylic acid groups (broad SMARTS) is 1. The summed E-state index contributed by atoms with van der Waals surface area (Å²) in [6.07, 6.45) is 1.53. The summed E-state index contributed by atoms with van der Waals surface area (Å²) in [5, 5.41) is 8.97. The number of benzene rings is 1. The SMILES string of the molecule is CCc1cc(C(=O)O)ccc1OCCCC(=O)OC(C)(C)C. The molecule has 0 fully saturated rings. The van der Waals surface area contributed by atoms with Crippen molar-refractivity contribution in [2.24, 2.45) is 0 Å². The van der Waals surface area contributed by atoms with Crippen molar-refractivity contribution < 1.29 is 24.2 Å². The van der Waals surface area contributed by atoms with Crippen LogP contribution in [0.25, 0.3) is 0 Å². The number of carbonyl (C=O) groups is 2. The third-order valence-electron chi connectivity index (χ3n) is 2.89. The number of carbonyl (C=O) groups excluding carboxylic acids is 1. The van der Waals surface area contributed by atoms with Gasteiger partial charge in [0.2, 0.25) is 0 Å². The second-order valence-electron chi connectivity index (χ2n) is 6.02. The lowest BCUT2D eigenvalue weighted by Gasteiger charge is -2.19. The van der Waals surface area contributed by atoms with Crippen molar-refractivity contribution >= 4 is 11.9 Å². The van der Waals surface area contributed by atoms with E-state index in [1.165, 1.54) is 6.07 Å². The lowest BCUT2D eigenvalue weighted by molar-refractivity contribution is -0.155. The number of hydrogen-bond donors (Lipinski definition) is 1. The first kappa shape index (κ1) is 18.0. The second-order valence-corrected chi connectivity index (χ2v) is 6.02. The van der Waals surface area contributed by atoms with Gasteiger partial charge in [0.15, 0.2) is 0 Å². The van der Waals surface area contributed by atoms with Crippen LogP contribution in [0.4, 0.5) is 0 Å². The van der Waals surface area contributed by atoms with Crippen molar-refractivity contribution in [2.75, 3.05) is 6.61 Å². The van der Waals surface area contributed by atoms with Crippen molar-refractivity contribution in [2.45, 2.75) is 52.6 Å². The highest BCUT2D eigenvalue weighted by Gasteiger charge is 2.15. The average Bonchev–Trinajstić information content (AvgIpc) is 2.41. The number of aryl methyl sites for hydroxylation is 1. The maximum atomic E-state index is 11.6. The molecule has 1 aromatic carbocycles. The largest absolute Gasteiger partial charge is 0.493 e. The van der Waals surface area contributed by atoms with Gasteiger partial charge in [0.05, 0.1) is 12.2 Å². The Morgan fingerprint density at radius 3 is 2.45 bits per heavy atom. The van der Waals surface area contributed by atoms with E-state index in [2.05, 4.69) is 0 Å². The molecule has 1 rings (SSSR count). The highest BCUT2D eigenvalue weighted by atomic mass is 16.6. The molecule has 0 radical (unpaired) electrons. The van der Waals surface area contributed by atoms with E-state index in [9.17, 15) is 9.59 Å².